The highest BCUT2D eigenvalue weighted by Crippen LogP contribution is 2.27. The Balaban J connectivity index is 1.88. The molecule has 1 saturated carbocycles. The predicted molar refractivity (Wildman–Crippen MR) is 92.3 cm³/mol. The molecule has 0 amide bonds. The standard InChI is InChI=1S/C18H23N3O4/c22-13(7-9-16(24)25)17-14(23)10-11-21-15(19-20-18(17)21)8-6-12-4-2-1-3-5-12/h10-12,22H,1-9H2,(H,24,25). The summed E-state index contributed by atoms with van der Waals surface area (Å²) in [6, 6.07) is 1.37. The Labute approximate surface area is 145 Å². The number of aliphatic hydroxyl groups excluding tert-OH is 1. The van der Waals surface area contributed by atoms with E-state index in [1.807, 2.05) is 0 Å². The second-order valence-electron chi connectivity index (χ2n) is 6.75. The first-order chi connectivity index (χ1) is 12.1. The molecule has 0 aliphatic heterocycles. The summed E-state index contributed by atoms with van der Waals surface area (Å²) in [5.41, 5.74) is -0.0735. The Hall–Kier alpha value is -2.44. The minimum atomic E-state index is -1.03. The third kappa shape index (κ3) is 3.97. The molecule has 0 radical (unpaired) electrons. The van der Waals surface area contributed by atoms with Crippen LogP contribution < -0.4 is 10.6 Å². The van der Waals surface area contributed by atoms with Gasteiger partial charge in [-0.1, -0.05) is 32.1 Å². The van der Waals surface area contributed by atoms with Gasteiger partial charge in [-0.3, -0.25) is 14.0 Å². The van der Waals surface area contributed by atoms with Crippen molar-refractivity contribution in [2.45, 2.75) is 57.8 Å². The van der Waals surface area contributed by atoms with Gasteiger partial charge in [0.2, 0.25) is 0 Å². The molecule has 2 N–H and O–H groups in total. The topological polar surface area (TPSA) is 105 Å². The van der Waals surface area contributed by atoms with Crippen molar-refractivity contribution in [1.29, 1.82) is 0 Å². The van der Waals surface area contributed by atoms with Crippen molar-refractivity contribution in [3.63, 3.8) is 0 Å². The summed E-state index contributed by atoms with van der Waals surface area (Å²) in [4.78, 5) is 22.8. The SMILES string of the molecule is O=C(O)CCC(O)=c1c(=O)ccn2c(CCC3CCCCC3)nnc12. The molecule has 0 saturated heterocycles. The zero-order valence-electron chi connectivity index (χ0n) is 14.1. The average molecular weight is 345 g/mol. The van der Waals surface area contributed by atoms with E-state index in [4.69, 9.17) is 5.11 Å². The number of hydrogen-bond acceptors (Lipinski definition) is 5. The first-order valence-corrected chi connectivity index (χ1v) is 8.87. The summed E-state index contributed by atoms with van der Waals surface area (Å²) in [6.07, 6.45) is 9.54. The molecule has 1 aliphatic rings. The van der Waals surface area contributed by atoms with E-state index >= 15 is 0 Å². The van der Waals surface area contributed by atoms with Crippen molar-refractivity contribution in [3.05, 3.63) is 33.5 Å². The number of pyridine rings is 1. The van der Waals surface area contributed by atoms with Crippen molar-refractivity contribution in [2.24, 2.45) is 5.92 Å². The lowest BCUT2D eigenvalue weighted by Gasteiger charge is -2.20. The van der Waals surface area contributed by atoms with Crippen LogP contribution in [0.3, 0.4) is 0 Å². The molecule has 25 heavy (non-hydrogen) atoms. The number of hydrogen-bond donors (Lipinski definition) is 2. The Morgan fingerprint density at radius 2 is 1.92 bits per heavy atom. The molecule has 0 spiro atoms. The first kappa shape index (κ1) is 17.4. The first-order valence-electron chi connectivity index (χ1n) is 8.87. The van der Waals surface area contributed by atoms with Crippen molar-refractivity contribution < 1.29 is 15.0 Å². The number of carbonyl (C=O) groups is 1. The third-order valence-electron chi connectivity index (χ3n) is 4.98. The van der Waals surface area contributed by atoms with Crippen molar-refractivity contribution >= 4 is 17.4 Å². The van der Waals surface area contributed by atoms with Crippen LogP contribution in [0.4, 0.5) is 0 Å². The van der Waals surface area contributed by atoms with E-state index in [0.29, 0.717) is 5.65 Å². The molecule has 7 nitrogen and oxygen atoms in total. The number of aryl methyl sites for hydroxylation is 1. The highest BCUT2D eigenvalue weighted by molar-refractivity contribution is 5.68. The number of aromatic nitrogens is 3. The van der Waals surface area contributed by atoms with Gasteiger partial charge in [0.1, 0.15) is 16.8 Å². The Morgan fingerprint density at radius 1 is 1.16 bits per heavy atom. The Kier molecular flexibility index (Phi) is 5.31. The number of carboxylic acid groups (broad SMARTS) is 1. The van der Waals surface area contributed by atoms with Gasteiger partial charge in [-0.2, -0.15) is 0 Å². The quantitative estimate of drug-likeness (QED) is 0.828. The average Bonchev–Trinajstić information content (AvgIpc) is 3.01. The van der Waals surface area contributed by atoms with E-state index in [0.717, 1.165) is 24.6 Å². The summed E-state index contributed by atoms with van der Waals surface area (Å²) >= 11 is 0. The molecule has 7 heteroatoms. The van der Waals surface area contributed by atoms with E-state index < -0.39 is 5.97 Å². The van der Waals surface area contributed by atoms with Crippen molar-refractivity contribution in [1.82, 2.24) is 14.6 Å². The van der Waals surface area contributed by atoms with Crippen molar-refractivity contribution in [2.75, 3.05) is 0 Å². The second kappa shape index (κ2) is 7.63. The highest BCUT2D eigenvalue weighted by Gasteiger charge is 2.16. The van der Waals surface area contributed by atoms with Gasteiger partial charge in [-0.25, -0.2) is 0 Å². The lowest BCUT2D eigenvalue weighted by atomic mass is 9.86. The summed E-state index contributed by atoms with van der Waals surface area (Å²) < 4.78 is 1.73. The second-order valence-corrected chi connectivity index (χ2v) is 6.75. The molecule has 0 bridgehead atoms. The van der Waals surface area contributed by atoms with Gasteiger partial charge >= 0.3 is 5.97 Å². The summed E-state index contributed by atoms with van der Waals surface area (Å²) in [5, 5.41) is 27.2. The van der Waals surface area contributed by atoms with E-state index in [1.165, 1.54) is 38.2 Å². The Morgan fingerprint density at radius 3 is 2.64 bits per heavy atom. The van der Waals surface area contributed by atoms with Crippen LogP contribution in [0.1, 0.15) is 57.2 Å². The van der Waals surface area contributed by atoms with Crippen LogP contribution in [0.5, 0.6) is 0 Å². The Bertz CT molecular complexity index is 868. The van der Waals surface area contributed by atoms with Crippen LogP contribution in [0.15, 0.2) is 17.1 Å². The van der Waals surface area contributed by atoms with Gasteiger partial charge in [0.15, 0.2) is 11.1 Å². The molecule has 0 atom stereocenters. The molecule has 2 heterocycles. The van der Waals surface area contributed by atoms with Crippen LogP contribution >= 0.6 is 0 Å². The van der Waals surface area contributed by atoms with E-state index in [2.05, 4.69) is 10.2 Å². The monoisotopic (exact) mass is 345 g/mol. The minimum Gasteiger partial charge on any atom is -0.511 e. The highest BCUT2D eigenvalue weighted by atomic mass is 16.4. The van der Waals surface area contributed by atoms with Crippen LogP contribution in [-0.4, -0.2) is 30.8 Å². The van der Waals surface area contributed by atoms with Crippen LogP contribution in [0.25, 0.3) is 11.4 Å². The number of aliphatic hydroxyl groups is 1. The normalized spacial score (nSPS) is 17.0. The summed E-state index contributed by atoms with van der Waals surface area (Å²) in [6.45, 7) is 0. The molecule has 2 aromatic heterocycles. The fourth-order valence-corrected chi connectivity index (χ4v) is 3.59. The lowest BCUT2D eigenvalue weighted by molar-refractivity contribution is -0.136. The number of nitrogens with zero attached hydrogens (tertiary/aromatic N) is 3. The van der Waals surface area contributed by atoms with E-state index in [9.17, 15) is 14.7 Å². The molecule has 0 aromatic carbocycles. The minimum absolute atomic E-state index is 0.0557. The van der Waals surface area contributed by atoms with Gasteiger partial charge in [-0.05, 0) is 12.3 Å². The maximum absolute atomic E-state index is 12.1. The smallest absolute Gasteiger partial charge is 0.303 e. The molecule has 2 aromatic rings. The maximum atomic E-state index is 12.1. The molecule has 0 unspecified atom stereocenters. The van der Waals surface area contributed by atoms with Crippen LogP contribution in [0, 0.1) is 5.92 Å². The number of aliphatic carboxylic acids is 1. The fourth-order valence-electron chi connectivity index (χ4n) is 3.59. The van der Waals surface area contributed by atoms with Crippen molar-refractivity contribution in [3.8, 4) is 0 Å². The lowest BCUT2D eigenvalue weighted by Crippen LogP contribution is -2.29. The zero-order valence-corrected chi connectivity index (χ0v) is 14.1. The van der Waals surface area contributed by atoms with Gasteiger partial charge in [0.25, 0.3) is 0 Å². The van der Waals surface area contributed by atoms with E-state index in [-0.39, 0.29) is 29.2 Å². The van der Waals surface area contributed by atoms with Gasteiger partial charge in [-0.15, -0.1) is 10.2 Å². The summed E-state index contributed by atoms with van der Waals surface area (Å²) in [7, 11) is 0. The largest absolute Gasteiger partial charge is 0.511 e. The van der Waals surface area contributed by atoms with Gasteiger partial charge < -0.3 is 10.2 Å². The molecule has 1 fully saturated rings. The van der Waals surface area contributed by atoms with Gasteiger partial charge in [0, 0.05) is 25.1 Å². The molecule has 134 valence electrons. The fraction of sp³-hybridized carbons (Fsp3) is 0.556. The van der Waals surface area contributed by atoms with E-state index in [1.54, 1.807) is 10.6 Å². The maximum Gasteiger partial charge on any atom is 0.303 e. The molecule has 3 rings (SSSR count). The zero-order chi connectivity index (χ0) is 17.8. The van der Waals surface area contributed by atoms with Gasteiger partial charge in [0.05, 0.1) is 6.42 Å². The third-order valence-corrected chi connectivity index (χ3v) is 4.98. The summed E-state index contributed by atoms with van der Waals surface area (Å²) in [5.74, 6) is 0.215. The molecule has 1 aliphatic carbocycles. The van der Waals surface area contributed by atoms with Crippen LogP contribution in [-0.2, 0) is 11.2 Å². The predicted octanol–water partition coefficient (Wildman–Crippen LogP) is 1.85. The number of carboxylic acids is 1. The van der Waals surface area contributed by atoms with Crippen LogP contribution in [0.2, 0.25) is 0 Å². The molecular weight excluding hydrogens is 322 g/mol. The number of fused-ring (bicyclic) bond motifs is 1. The number of rotatable bonds is 6. The molecular formula is C18H23N3O4.